The number of ether oxygens (including phenoxy) is 1. The van der Waals surface area contributed by atoms with Crippen molar-refractivity contribution in [2.75, 3.05) is 20.6 Å². The Balaban J connectivity index is 1.56. The summed E-state index contributed by atoms with van der Waals surface area (Å²) in [4.78, 5) is 14.8. The summed E-state index contributed by atoms with van der Waals surface area (Å²) in [6, 6.07) is 9.12. The molecule has 0 radical (unpaired) electrons. The highest BCUT2D eigenvalue weighted by Gasteiger charge is 2.27. The van der Waals surface area contributed by atoms with Crippen LogP contribution in [0.1, 0.15) is 36.2 Å². The molecular weight excluding hydrogens is 364 g/mol. The largest absolute Gasteiger partial charge is 0.471 e. The van der Waals surface area contributed by atoms with Crippen molar-refractivity contribution in [1.82, 2.24) is 20.0 Å². The van der Waals surface area contributed by atoms with Crippen molar-refractivity contribution < 1.29 is 9.53 Å². The number of nitrogens with zero attached hydrogens (tertiary/aromatic N) is 3. The molecule has 7 heteroatoms. The van der Waals surface area contributed by atoms with Crippen molar-refractivity contribution in [2.45, 2.75) is 38.5 Å². The molecule has 2 aromatic rings. The van der Waals surface area contributed by atoms with Gasteiger partial charge in [-0.1, -0.05) is 30.5 Å². The van der Waals surface area contributed by atoms with Gasteiger partial charge in [-0.05, 0) is 57.1 Å². The molecule has 2 unspecified atom stereocenters. The Kier molecular flexibility index (Phi) is 6.74. The lowest BCUT2D eigenvalue weighted by atomic mass is 9.84. The van der Waals surface area contributed by atoms with E-state index in [1.165, 1.54) is 6.42 Å². The second-order valence-corrected chi connectivity index (χ2v) is 7.79. The zero-order valence-corrected chi connectivity index (χ0v) is 16.7. The van der Waals surface area contributed by atoms with E-state index in [0.717, 1.165) is 25.8 Å². The lowest BCUT2D eigenvalue weighted by Crippen LogP contribution is -2.45. The molecule has 0 aliphatic heterocycles. The topological polar surface area (TPSA) is 59.4 Å². The van der Waals surface area contributed by atoms with E-state index >= 15 is 0 Å². The maximum atomic E-state index is 12.6. The van der Waals surface area contributed by atoms with Crippen LogP contribution in [0.4, 0.5) is 0 Å². The molecule has 27 heavy (non-hydrogen) atoms. The number of carbonyl (C=O) groups is 1. The zero-order valence-electron chi connectivity index (χ0n) is 15.9. The zero-order chi connectivity index (χ0) is 19.2. The summed E-state index contributed by atoms with van der Waals surface area (Å²) in [7, 11) is 4.16. The summed E-state index contributed by atoms with van der Waals surface area (Å²) >= 11 is 5.95. The van der Waals surface area contributed by atoms with Gasteiger partial charge in [-0.2, -0.15) is 5.10 Å². The first kappa shape index (κ1) is 19.7. The first-order valence-electron chi connectivity index (χ1n) is 9.38. The number of amides is 1. The fourth-order valence-electron chi connectivity index (χ4n) is 3.58. The highest BCUT2D eigenvalue weighted by Crippen LogP contribution is 2.25. The molecule has 1 saturated carbocycles. The average Bonchev–Trinajstić information content (AvgIpc) is 3.10. The van der Waals surface area contributed by atoms with E-state index in [-0.39, 0.29) is 18.7 Å². The van der Waals surface area contributed by atoms with E-state index in [9.17, 15) is 4.79 Å². The van der Waals surface area contributed by atoms with Crippen LogP contribution >= 0.6 is 11.6 Å². The Hall–Kier alpha value is -2.05. The van der Waals surface area contributed by atoms with E-state index in [1.807, 2.05) is 12.1 Å². The van der Waals surface area contributed by atoms with Gasteiger partial charge in [0.15, 0.2) is 6.73 Å². The van der Waals surface area contributed by atoms with Gasteiger partial charge in [0, 0.05) is 23.8 Å². The predicted molar refractivity (Wildman–Crippen MR) is 106 cm³/mol. The molecule has 1 heterocycles. The van der Waals surface area contributed by atoms with Crippen molar-refractivity contribution in [3.05, 3.63) is 47.2 Å². The number of benzene rings is 1. The van der Waals surface area contributed by atoms with Crippen molar-refractivity contribution in [3.63, 3.8) is 0 Å². The van der Waals surface area contributed by atoms with Gasteiger partial charge >= 0.3 is 0 Å². The van der Waals surface area contributed by atoms with Crippen molar-refractivity contribution in [2.24, 2.45) is 5.92 Å². The highest BCUT2D eigenvalue weighted by atomic mass is 35.5. The molecule has 1 N–H and O–H groups in total. The molecule has 6 nitrogen and oxygen atoms in total. The first-order valence-corrected chi connectivity index (χ1v) is 9.76. The van der Waals surface area contributed by atoms with E-state index in [4.69, 9.17) is 16.3 Å². The summed E-state index contributed by atoms with van der Waals surface area (Å²) in [5.74, 6) is 1.04. The van der Waals surface area contributed by atoms with Crippen LogP contribution in [0, 0.1) is 5.92 Å². The molecule has 1 aliphatic rings. The number of hydrogen-bond acceptors (Lipinski definition) is 4. The third-order valence-corrected chi connectivity index (χ3v) is 5.09. The minimum Gasteiger partial charge on any atom is -0.471 e. The standard InChI is InChI=1S/C20H27ClN4O2/c1-24(2)13-15-6-3-4-9-18(15)22-20(26)19-10-11-25(23-19)14-27-17-8-5-7-16(21)12-17/h5,7-8,10-12,15,18H,3-4,6,9,13-14H2,1-2H3,(H,22,26). The first-order chi connectivity index (χ1) is 13.0. The van der Waals surface area contributed by atoms with Crippen molar-refractivity contribution in [3.8, 4) is 5.75 Å². The van der Waals surface area contributed by atoms with E-state index in [0.29, 0.717) is 22.4 Å². The molecule has 0 bridgehead atoms. The molecular formula is C20H27ClN4O2. The van der Waals surface area contributed by atoms with Gasteiger partial charge in [0.25, 0.3) is 5.91 Å². The summed E-state index contributed by atoms with van der Waals surface area (Å²) in [6.45, 7) is 1.22. The van der Waals surface area contributed by atoms with Gasteiger partial charge in [-0.15, -0.1) is 0 Å². The second-order valence-electron chi connectivity index (χ2n) is 7.36. The van der Waals surface area contributed by atoms with Crippen LogP contribution < -0.4 is 10.1 Å². The fourth-order valence-corrected chi connectivity index (χ4v) is 3.76. The minimum atomic E-state index is -0.118. The van der Waals surface area contributed by atoms with E-state index in [2.05, 4.69) is 29.4 Å². The van der Waals surface area contributed by atoms with Gasteiger partial charge in [-0.25, -0.2) is 4.68 Å². The fraction of sp³-hybridized carbons (Fsp3) is 0.500. The third-order valence-electron chi connectivity index (χ3n) is 4.86. The molecule has 0 spiro atoms. The molecule has 1 amide bonds. The molecule has 2 atom stereocenters. The van der Waals surface area contributed by atoms with E-state index in [1.54, 1.807) is 29.1 Å². The molecule has 1 aromatic heterocycles. The Morgan fingerprint density at radius 3 is 2.93 bits per heavy atom. The monoisotopic (exact) mass is 390 g/mol. The van der Waals surface area contributed by atoms with Crippen LogP contribution in [-0.2, 0) is 6.73 Å². The summed E-state index contributed by atoms with van der Waals surface area (Å²) < 4.78 is 7.26. The number of hydrogen-bond donors (Lipinski definition) is 1. The molecule has 146 valence electrons. The molecule has 0 saturated heterocycles. The minimum absolute atomic E-state index is 0.118. The number of rotatable bonds is 7. The molecule has 3 rings (SSSR count). The predicted octanol–water partition coefficient (Wildman–Crippen LogP) is 3.42. The van der Waals surface area contributed by atoms with Crippen LogP contribution in [-0.4, -0.2) is 47.3 Å². The quantitative estimate of drug-likeness (QED) is 0.786. The van der Waals surface area contributed by atoms with Crippen molar-refractivity contribution >= 4 is 17.5 Å². The Labute approximate surface area is 165 Å². The number of aromatic nitrogens is 2. The molecule has 1 aliphatic carbocycles. The van der Waals surface area contributed by atoms with Crippen LogP contribution in [0.15, 0.2) is 36.5 Å². The Morgan fingerprint density at radius 1 is 1.33 bits per heavy atom. The summed E-state index contributed by atoms with van der Waals surface area (Å²) in [5, 5.41) is 8.14. The highest BCUT2D eigenvalue weighted by molar-refractivity contribution is 6.30. The van der Waals surface area contributed by atoms with Gasteiger partial charge < -0.3 is 15.0 Å². The summed E-state index contributed by atoms with van der Waals surface area (Å²) in [5.41, 5.74) is 0.416. The number of halogens is 1. The Bertz CT molecular complexity index is 762. The SMILES string of the molecule is CN(C)CC1CCCCC1NC(=O)c1ccn(COc2cccc(Cl)c2)n1. The number of carbonyl (C=O) groups excluding carboxylic acids is 1. The van der Waals surface area contributed by atoms with E-state index < -0.39 is 0 Å². The van der Waals surface area contributed by atoms with Gasteiger partial charge in [0.1, 0.15) is 11.4 Å². The smallest absolute Gasteiger partial charge is 0.272 e. The molecule has 1 fully saturated rings. The van der Waals surface area contributed by atoms with Crippen LogP contribution in [0.3, 0.4) is 0 Å². The normalized spacial score (nSPS) is 19.9. The maximum absolute atomic E-state index is 12.6. The Morgan fingerprint density at radius 2 is 2.15 bits per heavy atom. The van der Waals surface area contributed by atoms with Crippen LogP contribution in [0.5, 0.6) is 5.75 Å². The second kappa shape index (κ2) is 9.24. The maximum Gasteiger partial charge on any atom is 0.272 e. The lowest BCUT2D eigenvalue weighted by Gasteiger charge is -2.33. The van der Waals surface area contributed by atoms with Crippen LogP contribution in [0.25, 0.3) is 0 Å². The van der Waals surface area contributed by atoms with Crippen LogP contribution in [0.2, 0.25) is 5.02 Å². The van der Waals surface area contributed by atoms with Gasteiger partial charge in [0.2, 0.25) is 0 Å². The van der Waals surface area contributed by atoms with Gasteiger partial charge in [0.05, 0.1) is 0 Å². The third kappa shape index (κ3) is 5.71. The van der Waals surface area contributed by atoms with Crippen molar-refractivity contribution in [1.29, 1.82) is 0 Å². The van der Waals surface area contributed by atoms with Gasteiger partial charge in [-0.3, -0.25) is 4.79 Å². The number of nitrogens with one attached hydrogen (secondary N) is 1. The summed E-state index contributed by atoms with van der Waals surface area (Å²) in [6.07, 6.45) is 6.34. The molecule has 1 aromatic carbocycles. The average molecular weight is 391 g/mol. The lowest BCUT2D eigenvalue weighted by molar-refractivity contribution is 0.0888.